The number of hydrogen-bond donors (Lipinski definition) is 1. The monoisotopic (exact) mass is 314 g/mol. The molecular formula is C19H26N2O2. The maximum absolute atomic E-state index is 12.6. The molecule has 2 heterocycles. The van der Waals surface area contributed by atoms with E-state index in [0.717, 1.165) is 43.5 Å². The van der Waals surface area contributed by atoms with Crippen LogP contribution in [0, 0.1) is 12.3 Å². The summed E-state index contributed by atoms with van der Waals surface area (Å²) in [4.78, 5) is 14.8. The van der Waals surface area contributed by atoms with E-state index in [1.807, 2.05) is 13.0 Å². The fourth-order valence-corrected chi connectivity index (χ4v) is 3.31. The van der Waals surface area contributed by atoms with Gasteiger partial charge < -0.3 is 15.1 Å². The van der Waals surface area contributed by atoms with E-state index in [2.05, 4.69) is 24.8 Å². The molecule has 0 bridgehead atoms. The molecule has 0 unspecified atom stereocenters. The molecule has 1 aromatic heterocycles. The van der Waals surface area contributed by atoms with Crippen LogP contribution < -0.4 is 16.1 Å². The molecule has 23 heavy (non-hydrogen) atoms. The van der Waals surface area contributed by atoms with Gasteiger partial charge in [-0.25, -0.2) is 0 Å². The topological polar surface area (TPSA) is 59.5 Å². The smallest absolute Gasteiger partial charge is 0.199 e. The second kappa shape index (κ2) is 6.00. The van der Waals surface area contributed by atoms with Gasteiger partial charge in [0.1, 0.15) is 5.58 Å². The average molecular weight is 314 g/mol. The van der Waals surface area contributed by atoms with E-state index in [4.69, 9.17) is 10.2 Å². The summed E-state index contributed by atoms with van der Waals surface area (Å²) >= 11 is 0. The maximum atomic E-state index is 12.6. The highest BCUT2D eigenvalue weighted by molar-refractivity contribution is 5.81. The molecule has 2 N–H and O–H groups in total. The lowest BCUT2D eigenvalue weighted by Gasteiger charge is -2.37. The van der Waals surface area contributed by atoms with Crippen molar-refractivity contribution < 1.29 is 4.42 Å². The Bertz CT molecular complexity index is 767. The number of piperidine rings is 1. The summed E-state index contributed by atoms with van der Waals surface area (Å²) in [5, 5.41) is 0.662. The minimum atomic E-state index is 0.0352. The quantitative estimate of drug-likeness (QED) is 0.945. The van der Waals surface area contributed by atoms with E-state index in [1.54, 1.807) is 6.07 Å². The Morgan fingerprint density at radius 2 is 1.91 bits per heavy atom. The summed E-state index contributed by atoms with van der Waals surface area (Å²) in [5.74, 6) is 0.695. The molecule has 0 saturated carbocycles. The van der Waals surface area contributed by atoms with Crippen LogP contribution in [-0.2, 0) is 6.42 Å². The Morgan fingerprint density at radius 3 is 2.57 bits per heavy atom. The van der Waals surface area contributed by atoms with Crippen molar-refractivity contribution in [3.05, 3.63) is 39.5 Å². The third kappa shape index (κ3) is 3.27. The summed E-state index contributed by atoms with van der Waals surface area (Å²) in [7, 11) is 0. The summed E-state index contributed by atoms with van der Waals surface area (Å²) in [6, 6.07) is 5.62. The first-order valence-electron chi connectivity index (χ1n) is 8.42. The molecule has 1 aliphatic rings. The Labute approximate surface area is 137 Å². The first-order chi connectivity index (χ1) is 10.9. The van der Waals surface area contributed by atoms with Crippen molar-refractivity contribution in [1.29, 1.82) is 0 Å². The van der Waals surface area contributed by atoms with E-state index in [9.17, 15) is 4.79 Å². The zero-order chi connectivity index (χ0) is 16.6. The van der Waals surface area contributed by atoms with Gasteiger partial charge in [0.15, 0.2) is 11.3 Å². The van der Waals surface area contributed by atoms with E-state index >= 15 is 0 Å². The van der Waals surface area contributed by atoms with Crippen LogP contribution in [0.25, 0.3) is 11.0 Å². The van der Waals surface area contributed by atoms with Gasteiger partial charge in [0, 0.05) is 19.2 Å². The van der Waals surface area contributed by atoms with E-state index < -0.39 is 0 Å². The highest BCUT2D eigenvalue weighted by Gasteiger charge is 2.27. The number of anilines is 1. The van der Waals surface area contributed by atoms with Gasteiger partial charge in [-0.15, -0.1) is 0 Å². The van der Waals surface area contributed by atoms with Gasteiger partial charge >= 0.3 is 0 Å². The van der Waals surface area contributed by atoms with Crippen LogP contribution in [0.1, 0.15) is 37.8 Å². The molecule has 124 valence electrons. The van der Waals surface area contributed by atoms with Crippen molar-refractivity contribution in [2.45, 2.75) is 40.0 Å². The van der Waals surface area contributed by atoms with Crippen molar-refractivity contribution in [2.24, 2.45) is 11.1 Å². The van der Waals surface area contributed by atoms with Crippen LogP contribution >= 0.6 is 0 Å². The van der Waals surface area contributed by atoms with Gasteiger partial charge in [-0.05, 0) is 55.3 Å². The number of rotatable bonds is 3. The molecule has 2 aromatic rings. The van der Waals surface area contributed by atoms with Crippen LogP contribution in [0.4, 0.5) is 5.88 Å². The molecule has 0 aliphatic carbocycles. The molecule has 4 heteroatoms. The minimum Gasteiger partial charge on any atom is -0.440 e. The average Bonchev–Trinajstić information content (AvgIpc) is 2.48. The van der Waals surface area contributed by atoms with Crippen molar-refractivity contribution in [2.75, 3.05) is 24.5 Å². The molecule has 4 nitrogen and oxygen atoms in total. The number of aryl methyl sites for hydroxylation is 1. The Hall–Kier alpha value is -1.81. The van der Waals surface area contributed by atoms with Crippen molar-refractivity contribution >= 4 is 16.9 Å². The third-order valence-corrected chi connectivity index (χ3v) is 4.88. The van der Waals surface area contributed by atoms with Crippen LogP contribution in [0.3, 0.4) is 0 Å². The lowest BCUT2D eigenvalue weighted by Crippen LogP contribution is -2.37. The van der Waals surface area contributed by atoms with Crippen molar-refractivity contribution in [3.8, 4) is 0 Å². The lowest BCUT2D eigenvalue weighted by atomic mass is 9.83. The molecule has 0 atom stereocenters. The summed E-state index contributed by atoms with van der Waals surface area (Å²) in [6.45, 7) is 9.00. The van der Waals surface area contributed by atoms with Crippen LogP contribution in [0.2, 0.25) is 0 Å². The summed E-state index contributed by atoms with van der Waals surface area (Å²) in [6.07, 6.45) is 2.94. The van der Waals surface area contributed by atoms with Gasteiger partial charge in [0.2, 0.25) is 0 Å². The van der Waals surface area contributed by atoms with Gasteiger partial charge in [-0.1, -0.05) is 19.9 Å². The van der Waals surface area contributed by atoms with Crippen molar-refractivity contribution in [1.82, 2.24) is 0 Å². The third-order valence-electron chi connectivity index (χ3n) is 4.88. The summed E-state index contributed by atoms with van der Waals surface area (Å²) < 4.78 is 6.16. The van der Waals surface area contributed by atoms with E-state index in [-0.39, 0.29) is 5.43 Å². The Balaban J connectivity index is 2.05. The SMILES string of the molecule is Cc1cc(CCN)c2oc(N3CCC(C)(C)CC3)cc(=O)c2c1. The molecule has 1 fully saturated rings. The molecule has 1 saturated heterocycles. The standard InChI is InChI=1S/C19H26N2O2/c1-13-10-14(4-7-20)18-15(11-13)16(22)12-17(23-18)21-8-5-19(2,3)6-9-21/h10-12H,4-9,20H2,1-3H3. The zero-order valence-corrected chi connectivity index (χ0v) is 14.3. The Morgan fingerprint density at radius 1 is 1.22 bits per heavy atom. The van der Waals surface area contributed by atoms with Crippen LogP contribution in [0.15, 0.2) is 27.4 Å². The number of nitrogens with zero attached hydrogens (tertiary/aromatic N) is 1. The predicted molar refractivity (Wildman–Crippen MR) is 95.2 cm³/mol. The van der Waals surface area contributed by atoms with Crippen LogP contribution in [-0.4, -0.2) is 19.6 Å². The molecule has 0 amide bonds. The van der Waals surface area contributed by atoms with E-state index in [1.165, 1.54) is 0 Å². The number of hydrogen-bond acceptors (Lipinski definition) is 4. The molecule has 0 spiro atoms. The first kappa shape index (κ1) is 16.1. The van der Waals surface area contributed by atoms with Gasteiger partial charge in [0.25, 0.3) is 0 Å². The molecule has 1 aliphatic heterocycles. The number of benzene rings is 1. The van der Waals surface area contributed by atoms with Gasteiger partial charge in [-0.2, -0.15) is 0 Å². The number of nitrogens with two attached hydrogens (primary N) is 1. The number of fused-ring (bicyclic) bond motifs is 1. The fourth-order valence-electron chi connectivity index (χ4n) is 3.31. The predicted octanol–water partition coefficient (Wildman–Crippen LogP) is 3.23. The normalized spacial score (nSPS) is 17.7. The largest absolute Gasteiger partial charge is 0.440 e. The van der Waals surface area contributed by atoms with Crippen molar-refractivity contribution in [3.63, 3.8) is 0 Å². The van der Waals surface area contributed by atoms with Gasteiger partial charge in [-0.3, -0.25) is 4.79 Å². The second-order valence-corrected chi connectivity index (χ2v) is 7.44. The summed E-state index contributed by atoms with van der Waals surface area (Å²) in [5.41, 5.74) is 8.92. The molecule has 1 aromatic carbocycles. The Kier molecular flexibility index (Phi) is 4.19. The van der Waals surface area contributed by atoms with Crippen LogP contribution in [0.5, 0.6) is 0 Å². The van der Waals surface area contributed by atoms with E-state index in [0.29, 0.717) is 28.8 Å². The fraction of sp³-hybridized carbons (Fsp3) is 0.526. The zero-order valence-electron chi connectivity index (χ0n) is 14.3. The highest BCUT2D eigenvalue weighted by Crippen LogP contribution is 2.33. The minimum absolute atomic E-state index is 0.0352. The molecular weight excluding hydrogens is 288 g/mol. The molecule has 0 radical (unpaired) electrons. The van der Waals surface area contributed by atoms with Gasteiger partial charge in [0.05, 0.1) is 5.39 Å². The highest BCUT2D eigenvalue weighted by atomic mass is 16.4. The first-order valence-corrected chi connectivity index (χ1v) is 8.42. The second-order valence-electron chi connectivity index (χ2n) is 7.44. The lowest BCUT2D eigenvalue weighted by molar-refractivity contribution is 0.274. The molecule has 3 rings (SSSR count). The maximum Gasteiger partial charge on any atom is 0.199 e.